The zero-order valence-electron chi connectivity index (χ0n) is 17.3. The summed E-state index contributed by atoms with van der Waals surface area (Å²) < 4.78 is 11.6. The first-order valence-corrected chi connectivity index (χ1v) is 10.9. The van der Waals surface area contributed by atoms with Gasteiger partial charge in [0.1, 0.15) is 10.8 Å². The first-order chi connectivity index (χ1) is 15.5. The lowest BCUT2D eigenvalue weighted by molar-refractivity contribution is -0.119. The maximum Gasteiger partial charge on any atom is 0.339 e. The van der Waals surface area contributed by atoms with Crippen molar-refractivity contribution in [2.75, 3.05) is 19.0 Å². The topological polar surface area (TPSA) is 77.5 Å². The number of halogens is 1. The first kappa shape index (κ1) is 21.8. The Morgan fingerprint density at radius 2 is 1.84 bits per heavy atom. The number of thiazole rings is 1. The van der Waals surface area contributed by atoms with Crippen LogP contribution in [0.3, 0.4) is 0 Å². The highest BCUT2D eigenvalue weighted by Crippen LogP contribution is 2.33. The van der Waals surface area contributed by atoms with Gasteiger partial charge in [-0.1, -0.05) is 41.9 Å². The second kappa shape index (κ2) is 9.38. The Labute approximate surface area is 193 Å². The zero-order valence-corrected chi connectivity index (χ0v) is 18.9. The molecule has 162 valence electrons. The van der Waals surface area contributed by atoms with Gasteiger partial charge in [0.15, 0.2) is 6.61 Å². The lowest BCUT2D eigenvalue weighted by atomic mass is 10.1. The highest BCUT2D eigenvalue weighted by Gasteiger charge is 2.18. The number of aromatic nitrogens is 1. The van der Waals surface area contributed by atoms with Crippen LogP contribution in [-0.2, 0) is 9.53 Å². The SMILES string of the molecule is COc1cc(Cl)c(C)cc1NC(=O)COC(=O)c1ccccc1-c1nc2ccccc2s1. The molecular weight excluding hydrogens is 448 g/mol. The molecule has 0 aliphatic heterocycles. The number of hydrogen-bond donors (Lipinski definition) is 1. The van der Waals surface area contributed by atoms with E-state index in [1.54, 1.807) is 24.3 Å². The number of nitrogens with zero attached hydrogens (tertiary/aromatic N) is 1. The average molecular weight is 467 g/mol. The van der Waals surface area contributed by atoms with Crippen molar-refractivity contribution in [3.8, 4) is 16.3 Å². The van der Waals surface area contributed by atoms with Crippen LogP contribution in [-0.4, -0.2) is 30.6 Å². The van der Waals surface area contributed by atoms with Crippen LogP contribution in [0.2, 0.25) is 5.02 Å². The van der Waals surface area contributed by atoms with Crippen LogP contribution in [0.25, 0.3) is 20.8 Å². The van der Waals surface area contributed by atoms with Crippen LogP contribution >= 0.6 is 22.9 Å². The van der Waals surface area contributed by atoms with Crippen LogP contribution in [0.5, 0.6) is 5.75 Å². The van der Waals surface area contributed by atoms with Crippen molar-refractivity contribution in [3.05, 3.63) is 76.8 Å². The molecule has 8 heteroatoms. The molecule has 0 fully saturated rings. The molecule has 0 saturated heterocycles. The summed E-state index contributed by atoms with van der Waals surface area (Å²) in [5.74, 6) is -0.674. The predicted molar refractivity (Wildman–Crippen MR) is 127 cm³/mol. The van der Waals surface area contributed by atoms with Crippen LogP contribution < -0.4 is 10.1 Å². The molecule has 0 spiro atoms. The maximum absolute atomic E-state index is 12.8. The number of amides is 1. The van der Waals surface area contributed by atoms with Crippen LogP contribution in [0.15, 0.2) is 60.7 Å². The largest absolute Gasteiger partial charge is 0.495 e. The summed E-state index contributed by atoms with van der Waals surface area (Å²) in [6.07, 6.45) is 0. The van der Waals surface area contributed by atoms with Gasteiger partial charge in [-0.25, -0.2) is 9.78 Å². The number of nitrogens with one attached hydrogen (secondary N) is 1. The van der Waals surface area contributed by atoms with Crippen molar-refractivity contribution in [1.29, 1.82) is 0 Å². The molecule has 1 amide bonds. The van der Waals surface area contributed by atoms with E-state index in [-0.39, 0.29) is 0 Å². The Morgan fingerprint density at radius 1 is 1.09 bits per heavy atom. The van der Waals surface area contributed by atoms with Gasteiger partial charge in [0, 0.05) is 16.7 Å². The van der Waals surface area contributed by atoms with E-state index in [0.29, 0.717) is 32.6 Å². The quantitative estimate of drug-likeness (QED) is 0.367. The second-order valence-electron chi connectivity index (χ2n) is 6.96. The molecule has 0 bridgehead atoms. The van der Waals surface area contributed by atoms with E-state index in [4.69, 9.17) is 21.1 Å². The molecule has 1 N–H and O–H groups in total. The zero-order chi connectivity index (χ0) is 22.7. The van der Waals surface area contributed by atoms with Crippen LogP contribution in [0.4, 0.5) is 5.69 Å². The van der Waals surface area contributed by atoms with E-state index < -0.39 is 18.5 Å². The minimum absolute atomic E-state index is 0.347. The summed E-state index contributed by atoms with van der Waals surface area (Å²) in [6.45, 7) is 1.37. The number of para-hydroxylation sites is 1. The molecule has 0 atom stereocenters. The van der Waals surface area contributed by atoms with Crippen molar-refractivity contribution in [2.45, 2.75) is 6.92 Å². The number of rotatable bonds is 6. The third kappa shape index (κ3) is 4.59. The smallest absolute Gasteiger partial charge is 0.339 e. The van der Waals surface area contributed by atoms with E-state index in [1.165, 1.54) is 18.4 Å². The third-order valence-electron chi connectivity index (χ3n) is 4.76. The number of aryl methyl sites for hydroxylation is 1. The average Bonchev–Trinajstić information content (AvgIpc) is 3.24. The van der Waals surface area contributed by atoms with E-state index >= 15 is 0 Å². The molecule has 1 heterocycles. The standard InChI is InChI=1S/C24H19ClN2O4S/c1-14-11-19(20(30-2)12-17(14)25)26-22(28)13-31-24(29)16-8-4-3-7-15(16)23-27-18-9-5-6-10-21(18)32-23/h3-12H,13H2,1-2H3,(H,26,28). The molecule has 32 heavy (non-hydrogen) atoms. The molecule has 0 unspecified atom stereocenters. The van der Waals surface area contributed by atoms with Gasteiger partial charge in [0.25, 0.3) is 5.91 Å². The van der Waals surface area contributed by atoms with E-state index in [9.17, 15) is 9.59 Å². The Kier molecular flexibility index (Phi) is 6.39. The summed E-state index contributed by atoms with van der Waals surface area (Å²) in [6, 6.07) is 18.1. The molecule has 4 aromatic rings. The fourth-order valence-corrected chi connectivity index (χ4v) is 4.32. The van der Waals surface area contributed by atoms with Gasteiger partial charge in [0.05, 0.1) is 28.6 Å². The molecule has 0 saturated carbocycles. The predicted octanol–water partition coefficient (Wildman–Crippen LogP) is 5.73. The normalized spacial score (nSPS) is 10.7. The fraction of sp³-hybridized carbons (Fsp3) is 0.125. The summed E-state index contributed by atoms with van der Waals surface area (Å²) in [5, 5.41) is 3.93. The molecule has 3 aromatic carbocycles. The number of methoxy groups -OCH3 is 1. The third-order valence-corrected chi connectivity index (χ3v) is 6.24. The maximum atomic E-state index is 12.8. The van der Waals surface area contributed by atoms with E-state index in [2.05, 4.69) is 10.3 Å². The fourth-order valence-electron chi connectivity index (χ4n) is 3.16. The number of anilines is 1. The van der Waals surface area contributed by atoms with Gasteiger partial charge in [-0.15, -0.1) is 11.3 Å². The van der Waals surface area contributed by atoms with Crippen molar-refractivity contribution >= 4 is 50.7 Å². The highest BCUT2D eigenvalue weighted by atomic mass is 35.5. The lowest BCUT2D eigenvalue weighted by Gasteiger charge is -2.13. The molecule has 0 aliphatic rings. The second-order valence-corrected chi connectivity index (χ2v) is 8.40. The van der Waals surface area contributed by atoms with Crippen LogP contribution in [0, 0.1) is 6.92 Å². The van der Waals surface area contributed by atoms with Crippen molar-refractivity contribution in [2.24, 2.45) is 0 Å². The summed E-state index contributed by atoms with van der Waals surface area (Å²) >= 11 is 7.59. The molecule has 0 aliphatic carbocycles. The first-order valence-electron chi connectivity index (χ1n) is 9.72. The van der Waals surface area contributed by atoms with Gasteiger partial charge >= 0.3 is 5.97 Å². The molecular formula is C24H19ClN2O4S. The van der Waals surface area contributed by atoms with E-state index in [1.807, 2.05) is 43.3 Å². The molecule has 4 rings (SSSR count). The van der Waals surface area contributed by atoms with Gasteiger partial charge in [-0.3, -0.25) is 4.79 Å². The van der Waals surface area contributed by atoms with Crippen LogP contribution in [0.1, 0.15) is 15.9 Å². The number of fused-ring (bicyclic) bond motifs is 1. The highest BCUT2D eigenvalue weighted by molar-refractivity contribution is 7.21. The summed E-state index contributed by atoms with van der Waals surface area (Å²) in [7, 11) is 1.48. The van der Waals surface area contributed by atoms with Gasteiger partial charge in [0.2, 0.25) is 0 Å². The number of hydrogen-bond acceptors (Lipinski definition) is 6. The summed E-state index contributed by atoms with van der Waals surface area (Å²) in [4.78, 5) is 29.8. The van der Waals surface area contributed by atoms with Crippen molar-refractivity contribution in [1.82, 2.24) is 4.98 Å². The molecule has 6 nitrogen and oxygen atoms in total. The summed E-state index contributed by atoms with van der Waals surface area (Å²) in [5.41, 5.74) is 3.10. The van der Waals surface area contributed by atoms with Gasteiger partial charge < -0.3 is 14.8 Å². The number of carbonyl (C=O) groups excluding carboxylic acids is 2. The molecule has 0 radical (unpaired) electrons. The number of carbonyl (C=O) groups is 2. The van der Waals surface area contributed by atoms with Gasteiger partial charge in [-0.2, -0.15) is 0 Å². The number of ether oxygens (including phenoxy) is 2. The minimum atomic E-state index is -0.603. The van der Waals surface area contributed by atoms with Crippen molar-refractivity contribution in [3.63, 3.8) is 0 Å². The Bertz CT molecular complexity index is 1290. The Hall–Kier alpha value is -3.42. The Balaban J connectivity index is 1.48. The minimum Gasteiger partial charge on any atom is -0.495 e. The lowest BCUT2D eigenvalue weighted by Crippen LogP contribution is -2.21. The van der Waals surface area contributed by atoms with E-state index in [0.717, 1.165) is 15.8 Å². The Morgan fingerprint density at radius 3 is 2.62 bits per heavy atom. The van der Waals surface area contributed by atoms with Crippen molar-refractivity contribution < 1.29 is 19.1 Å². The number of esters is 1. The monoisotopic (exact) mass is 466 g/mol. The molecule has 1 aromatic heterocycles. The van der Waals surface area contributed by atoms with Gasteiger partial charge in [-0.05, 0) is 36.8 Å². The number of benzene rings is 3.